The second kappa shape index (κ2) is 5.88. The smallest absolute Gasteiger partial charge is 0.503 e. The molecule has 0 saturated heterocycles. The second-order valence-electron chi connectivity index (χ2n) is 3.45. The number of rotatable bonds is 4. The van der Waals surface area contributed by atoms with Crippen molar-refractivity contribution in [3.63, 3.8) is 0 Å². The molecule has 0 radical (unpaired) electrons. The Morgan fingerprint density at radius 1 is 1.45 bits per heavy atom. The Bertz CT molecular complexity index is 503. The van der Waals surface area contributed by atoms with Crippen molar-refractivity contribution in [2.45, 2.75) is 19.2 Å². The minimum absolute atomic E-state index is 0.459. The number of nitrogens with zero attached hydrogens (tertiary/aromatic N) is 1. The number of methoxy groups -OCH3 is 1. The number of hydrogen-bond acceptors (Lipinski definition) is 5. The number of ether oxygens (including phenoxy) is 2. The van der Waals surface area contributed by atoms with E-state index in [0.717, 1.165) is 7.11 Å². The summed E-state index contributed by atoms with van der Waals surface area (Å²) in [7, 11) is 0.999. The number of aromatic hydroxyl groups is 1. The second-order valence-corrected chi connectivity index (χ2v) is 3.45. The number of carbonyl (C=O) groups is 1. The summed E-state index contributed by atoms with van der Waals surface area (Å²) < 4.78 is 69.0. The van der Waals surface area contributed by atoms with Crippen LogP contribution < -0.4 is 4.74 Å². The molecule has 0 amide bonds. The molecule has 0 fully saturated rings. The van der Waals surface area contributed by atoms with E-state index in [0.29, 0.717) is 6.20 Å². The summed E-state index contributed by atoms with van der Waals surface area (Å²) in [4.78, 5) is 14.1. The number of aromatic nitrogens is 1. The molecular weight excluding hydrogens is 293 g/mol. The maximum Gasteiger partial charge on any atom is 0.574 e. The predicted molar refractivity (Wildman–Crippen MR) is 53.3 cm³/mol. The third-order valence-corrected chi connectivity index (χ3v) is 2.13. The molecule has 0 aromatic carbocycles. The third-order valence-electron chi connectivity index (χ3n) is 2.13. The van der Waals surface area contributed by atoms with E-state index in [2.05, 4.69) is 14.5 Å². The fraction of sp³-hybridized carbons (Fsp3) is 0.400. The van der Waals surface area contributed by atoms with Crippen LogP contribution >= 0.6 is 0 Å². The molecule has 0 unspecified atom stereocenters. The van der Waals surface area contributed by atoms with Crippen LogP contribution in [-0.4, -0.2) is 29.5 Å². The van der Waals surface area contributed by atoms with E-state index < -0.39 is 47.9 Å². The molecule has 112 valence electrons. The average molecular weight is 301 g/mol. The fourth-order valence-corrected chi connectivity index (χ4v) is 1.33. The Kier molecular flexibility index (Phi) is 4.69. The predicted octanol–water partition coefficient (Wildman–Crippen LogP) is 2.34. The number of carbonyl (C=O) groups excluding carboxylic acids is 1. The standard InChI is InChI=1S/C10H8F5NO4/c1-19-5(17)2-4-3-16-9(20-10(13,14)15)7(18)6(4)8(11)12/h3,8,18H,2H2,1H3. The maximum atomic E-state index is 12.8. The van der Waals surface area contributed by atoms with E-state index in [-0.39, 0.29) is 0 Å². The highest BCUT2D eigenvalue weighted by Gasteiger charge is 2.35. The van der Waals surface area contributed by atoms with Crippen molar-refractivity contribution >= 4 is 5.97 Å². The van der Waals surface area contributed by atoms with Crippen molar-refractivity contribution in [3.8, 4) is 11.6 Å². The summed E-state index contributed by atoms with van der Waals surface area (Å²) in [5.74, 6) is -3.81. The van der Waals surface area contributed by atoms with Crippen LogP contribution in [0.5, 0.6) is 11.6 Å². The lowest BCUT2D eigenvalue weighted by Crippen LogP contribution is -2.19. The van der Waals surface area contributed by atoms with Crippen LogP contribution in [0.25, 0.3) is 0 Å². The SMILES string of the molecule is COC(=O)Cc1cnc(OC(F)(F)F)c(O)c1C(F)F. The number of esters is 1. The highest BCUT2D eigenvalue weighted by Crippen LogP contribution is 2.39. The van der Waals surface area contributed by atoms with E-state index in [1.807, 2.05) is 0 Å². The molecule has 20 heavy (non-hydrogen) atoms. The van der Waals surface area contributed by atoms with Gasteiger partial charge in [-0.25, -0.2) is 13.8 Å². The van der Waals surface area contributed by atoms with Gasteiger partial charge in [0.2, 0.25) is 0 Å². The molecule has 0 aliphatic rings. The van der Waals surface area contributed by atoms with Crippen molar-refractivity contribution in [1.29, 1.82) is 0 Å². The normalized spacial score (nSPS) is 11.6. The molecule has 5 nitrogen and oxygen atoms in total. The summed E-state index contributed by atoms with van der Waals surface area (Å²) in [6, 6.07) is 0. The van der Waals surface area contributed by atoms with Gasteiger partial charge in [0, 0.05) is 6.20 Å². The van der Waals surface area contributed by atoms with Crippen LogP contribution in [0.2, 0.25) is 0 Å². The van der Waals surface area contributed by atoms with Gasteiger partial charge in [-0.05, 0) is 5.56 Å². The lowest BCUT2D eigenvalue weighted by Gasteiger charge is -2.14. The van der Waals surface area contributed by atoms with Gasteiger partial charge >= 0.3 is 12.3 Å². The van der Waals surface area contributed by atoms with Gasteiger partial charge in [-0.2, -0.15) is 0 Å². The Morgan fingerprint density at radius 2 is 2.05 bits per heavy atom. The molecule has 0 aliphatic heterocycles. The van der Waals surface area contributed by atoms with Crippen LogP contribution in [-0.2, 0) is 16.0 Å². The first-order valence-electron chi connectivity index (χ1n) is 4.97. The van der Waals surface area contributed by atoms with Crippen molar-refractivity contribution in [2.75, 3.05) is 7.11 Å². The van der Waals surface area contributed by atoms with Crippen molar-refractivity contribution in [3.05, 3.63) is 17.3 Å². The summed E-state index contributed by atoms with van der Waals surface area (Å²) >= 11 is 0. The number of pyridine rings is 1. The number of halogens is 5. The van der Waals surface area contributed by atoms with Crippen LogP contribution in [0.4, 0.5) is 22.0 Å². The first-order chi connectivity index (χ1) is 9.15. The summed E-state index contributed by atoms with van der Waals surface area (Å²) in [6.45, 7) is 0. The largest absolute Gasteiger partial charge is 0.574 e. The molecule has 1 aromatic heterocycles. The van der Waals surface area contributed by atoms with Gasteiger partial charge in [-0.15, -0.1) is 13.2 Å². The molecule has 0 bridgehead atoms. The van der Waals surface area contributed by atoms with Crippen molar-refractivity contribution in [1.82, 2.24) is 4.98 Å². The van der Waals surface area contributed by atoms with E-state index in [1.54, 1.807) is 0 Å². The Balaban J connectivity index is 3.23. The van der Waals surface area contributed by atoms with Gasteiger partial charge in [0.05, 0.1) is 19.1 Å². The van der Waals surface area contributed by atoms with E-state index in [1.165, 1.54) is 0 Å². The molecule has 0 aliphatic carbocycles. The average Bonchev–Trinajstić information content (AvgIpc) is 2.30. The van der Waals surface area contributed by atoms with Gasteiger partial charge in [-0.3, -0.25) is 4.79 Å². The van der Waals surface area contributed by atoms with E-state index in [4.69, 9.17) is 0 Å². The Hall–Kier alpha value is -2.13. The zero-order chi connectivity index (χ0) is 15.5. The first kappa shape index (κ1) is 15.9. The monoisotopic (exact) mass is 301 g/mol. The highest BCUT2D eigenvalue weighted by atomic mass is 19.4. The minimum Gasteiger partial charge on any atom is -0.503 e. The molecule has 10 heteroatoms. The van der Waals surface area contributed by atoms with Crippen molar-refractivity contribution in [2.24, 2.45) is 0 Å². The molecule has 0 spiro atoms. The van der Waals surface area contributed by atoms with E-state index >= 15 is 0 Å². The quantitative estimate of drug-likeness (QED) is 0.683. The number of alkyl halides is 5. The van der Waals surface area contributed by atoms with Gasteiger partial charge in [0.15, 0.2) is 5.75 Å². The minimum atomic E-state index is -5.20. The zero-order valence-corrected chi connectivity index (χ0v) is 9.87. The maximum absolute atomic E-state index is 12.8. The molecular formula is C10H8F5NO4. The lowest BCUT2D eigenvalue weighted by atomic mass is 10.1. The van der Waals surface area contributed by atoms with Gasteiger partial charge in [-0.1, -0.05) is 0 Å². The molecule has 0 atom stereocenters. The third kappa shape index (κ3) is 3.93. The lowest BCUT2D eigenvalue weighted by molar-refractivity contribution is -0.276. The van der Waals surface area contributed by atoms with Crippen LogP contribution in [0, 0.1) is 0 Å². The summed E-state index contributed by atoms with van der Waals surface area (Å²) in [6.07, 6.45) is -8.62. The van der Waals surface area contributed by atoms with Crippen molar-refractivity contribution < 1.29 is 41.3 Å². The van der Waals surface area contributed by atoms with Crippen LogP contribution in [0.15, 0.2) is 6.20 Å². The molecule has 1 N–H and O–H groups in total. The topological polar surface area (TPSA) is 68.7 Å². The molecule has 1 rings (SSSR count). The Morgan fingerprint density at radius 3 is 2.50 bits per heavy atom. The van der Waals surface area contributed by atoms with E-state index in [9.17, 15) is 31.9 Å². The molecule has 1 aromatic rings. The molecule has 1 heterocycles. The Labute approximate surface area is 108 Å². The number of hydrogen-bond donors (Lipinski definition) is 1. The molecule has 0 saturated carbocycles. The highest BCUT2D eigenvalue weighted by molar-refractivity contribution is 5.73. The fourth-order valence-electron chi connectivity index (χ4n) is 1.33. The zero-order valence-electron chi connectivity index (χ0n) is 9.87. The van der Waals surface area contributed by atoms with Gasteiger partial charge in [0.1, 0.15) is 0 Å². The summed E-state index contributed by atoms with van der Waals surface area (Å²) in [5.41, 5.74) is -1.62. The van der Waals surface area contributed by atoms with Crippen LogP contribution in [0.1, 0.15) is 17.6 Å². The van der Waals surface area contributed by atoms with Gasteiger partial charge in [0.25, 0.3) is 12.3 Å². The van der Waals surface area contributed by atoms with Crippen LogP contribution in [0.3, 0.4) is 0 Å². The first-order valence-corrected chi connectivity index (χ1v) is 4.97. The summed E-state index contributed by atoms with van der Waals surface area (Å²) in [5, 5.41) is 9.37. The van der Waals surface area contributed by atoms with Gasteiger partial charge < -0.3 is 14.6 Å².